The summed E-state index contributed by atoms with van der Waals surface area (Å²) in [5.41, 5.74) is 1.93. The molecule has 0 bridgehead atoms. The summed E-state index contributed by atoms with van der Waals surface area (Å²) in [4.78, 5) is 82.2. The van der Waals surface area contributed by atoms with Crippen molar-refractivity contribution in [1.29, 1.82) is 0 Å². The molecular formula is C44H48N6O12S. The Kier molecular flexibility index (Phi) is 14.5. The maximum absolute atomic E-state index is 13.8. The molecule has 63 heavy (non-hydrogen) atoms. The van der Waals surface area contributed by atoms with Crippen LogP contribution in [0.3, 0.4) is 0 Å². The second kappa shape index (κ2) is 20.1. The number of benzene rings is 4. The number of nitrogens with one attached hydrogen (secondary N) is 4. The predicted octanol–water partition coefficient (Wildman–Crippen LogP) is 5.06. The Morgan fingerprint density at radius 3 is 1.32 bits per heavy atom. The molecule has 0 aromatic heterocycles. The van der Waals surface area contributed by atoms with E-state index in [0.29, 0.717) is 36.8 Å². The number of ether oxygens (including phenoxy) is 2. The summed E-state index contributed by atoms with van der Waals surface area (Å²) in [6.07, 6.45) is 0.0998. The number of amides is 6. The van der Waals surface area contributed by atoms with Gasteiger partial charge in [0, 0.05) is 35.6 Å². The Bertz CT molecular complexity index is 2290. The molecule has 0 saturated carbocycles. The van der Waals surface area contributed by atoms with E-state index in [9.17, 15) is 37.2 Å². The molecule has 4 aromatic rings. The van der Waals surface area contributed by atoms with Crippen LogP contribution in [0.15, 0.2) is 97.1 Å². The maximum Gasteiger partial charge on any atom is 0.501 e. The van der Waals surface area contributed by atoms with Gasteiger partial charge in [-0.3, -0.25) is 19.2 Å². The lowest BCUT2D eigenvalue weighted by molar-refractivity contribution is -0.138. The fourth-order valence-electron chi connectivity index (χ4n) is 7.51. The lowest BCUT2D eigenvalue weighted by atomic mass is 10.0. The first-order valence-electron chi connectivity index (χ1n) is 20.1. The Hall–Kier alpha value is -7.15. The topological polar surface area (TPSA) is 228 Å². The summed E-state index contributed by atoms with van der Waals surface area (Å²) in [5.74, 6) is -2.36. The van der Waals surface area contributed by atoms with Crippen LogP contribution in [0.4, 0.5) is 21.0 Å². The lowest BCUT2D eigenvalue weighted by Crippen LogP contribution is -2.48. The molecule has 2 heterocycles. The first-order chi connectivity index (χ1) is 30.2. The van der Waals surface area contributed by atoms with Gasteiger partial charge in [0.15, 0.2) is 11.5 Å². The van der Waals surface area contributed by atoms with Crippen molar-refractivity contribution >= 4 is 57.6 Å². The highest BCUT2D eigenvalue weighted by molar-refractivity contribution is 7.82. The predicted molar refractivity (Wildman–Crippen MR) is 229 cm³/mol. The zero-order valence-electron chi connectivity index (χ0n) is 35.0. The maximum atomic E-state index is 13.8. The number of anilines is 2. The first-order valence-corrected chi connectivity index (χ1v) is 21.4. The van der Waals surface area contributed by atoms with E-state index in [1.165, 1.54) is 62.1 Å². The molecule has 6 rings (SSSR count). The fourth-order valence-corrected chi connectivity index (χ4v) is 8.34. The summed E-state index contributed by atoms with van der Waals surface area (Å²) in [6.45, 7) is 3.59. The van der Waals surface area contributed by atoms with Gasteiger partial charge in [-0.15, -0.1) is 8.42 Å². The van der Waals surface area contributed by atoms with Crippen molar-refractivity contribution in [2.75, 3.05) is 37.9 Å². The molecule has 0 radical (unpaired) electrons. The minimum absolute atomic E-state index is 0.151. The van der Waals surface area contributed by atoms with Crippen molar-refractivity contribution in [2.45, 2.75) is 63.7 Å². The van der Waals surface area contributed by atoms with Gasteiger partial charge in [-0.2, -0.15) is 0 Å². The largest absolute Gasteiger partial charge is 0.501 e. The van der Waals surface area contributed by atoms with Gasteiger partial charge in [-0.25, -0.2) is 9.59 Å². The number of carbonyl (C=O) groups excluding carboxylic acids is 6. The summed E-state index contributed by atoms with van der Waals surface area (Å²) in [5, 5.41) is 10.7. The molecule has 4 N–H and O–H groups in total. The van der Waals surface area contributed by atoms with Crippen LogP contribution < -0.4 is 29.6 Å². The molecule has 18 nitrogen and oxygen atoms in total. The molecular weight excluding hydrogens is 837 g/mol. The summed E-state index contributed by atoms with van der Waals surface area (Å²) >= 11 is 0. The smallest absolute Gasteiger partial charge is 0.453 e. The average molecular weight is 885 g/mol. The van der Waals surface area contributed by atoms with E-state index >= 15 is 0 Å². The molecule has 19 heteroatoms. The van der Waals surface area contributed by atoms with Crippen LogP contribution in [0, 0.1) is 13.8 Å². The Balaban J connectivity index is 1.11. The van der Waals surface area contributed by atoms with E-state index in [0.717, 1.165) is 0 Å². The third-order valence-electron chi connectivity index (χ3n) is 10.8. The number of hydrogen-bond donors (Lipinski definition) is 4. The minimum atomic E-state index is -4.81. The van der Waals surface area contributed by atoms with Crippen LogP contribution in [0.1, 0.15) is 60.0 Å². The third kappa shape index (κ3) is 10.8. The van der Waals surface area contributed by atoms with Crippen molar-refractivity contribution < 1.29 is 55.0 Å². The van der Waals surface area contributed by atoms with Crippen molar-refractivity contribution in [1.82, 2.24) is 20.4 Å². The number of hydrogen-bond acceptors (Lipinski definition) is 12. The zero-order chi connectivity index (χ0) is 45.3. The van der Waals surface area contributed by atoms with Crippen LogP contribution in [-0.2, 0) is 39.1 Å². The van der Waals surface area contributed by atoms with E-state index in [2.05, 4.69) is 21.3 Å². The monoisotopic (exact) mass is 884 g/mol. The number of likely N-dealkylation sites (tertiary alicyclic amines) is 2. The van der Waals surface area contributed by atoms with Crippen molar-refractivity contribution in [3.8, 4) is 11.5 Å². The van der Waals surface area contributed by atoms with Crippen LogP contribution in [0.5, 0.6) is 11.5 Å². The molecule has 4 aromatic carbocycles. The van der Waals surface area contributed by atoms with Gasteiger partial charge in [0.05, 0.1) is 14.2 Å². The van der Waals surface area contributed by atoms with Gasteiger partial charge < -0.3 is 48.9 Å². The van der Waals surface area contributed by atoms with E-state index in [-0.39, 0.29) is 47.1 Å². The highest BCUT2D eigenvalue weighted by Gasteiger charge is 2.40. The summed E-state index contributed by atoms with van der Waals surface area (Å²) < 4.78 is 47.0. The van der Waals surface area contributed by atoms with Gasteiger partial charge in [0.1, 0.15) is 24.2 Å². The lowest BCUT2D eigenvalue weighted by Gasteiger charge is -2.29. The van der Waals surface area contributed by atoms with Gasteiger partial charge in [0.25, 0.3) is 11.8 Å². The molecule has 4 atom stereocenters. The molecule has 6 amide bonds. The Morgan fingerprint density at radius 2 is 0.952 bits per heavy atom. The second-order valence-electron chi connectivity index (χ2n) is 14.7. The van der Waals surface area contributed by atoms with Crippen LogP contribution in [0.2, 0.25) is 0 Å². The second-order valence-corrected chi connectivity index (χ2v) is 15.9. The molecule has 2 aliphatic rings. The molecule has 2 saturated heterocycles. The van der Waals surface area contributed by atoms with E-state index in [1.807, 2.05) is 0 Å². The molecule has 2 fully saturated rings. The number of methoxy groups -OCH3 is 2. The van der Waals surface area contributed by atoms with Crippen molar-refractivity contribution in [3.05, 3.63) is 119 Å². The van der Waals surface area contributed by atoms with E-state index in [1.54, 1.807) is 72.8 Å². The number of carbonyl (C=O) groups is 6. The standard InChI is InChI=1S/C44H48N6O12S/c1-27-31(45-39(51)33-21-13-25-49(33)41(53)37(47-43(55)59-3)29-15-7-5-8-16-29)19-11-23-35(27)61-63(57,58)62-36-24-12-20-32(28(36)2)46-40(52)34-22-14-26-50(34)42(54)38(48-44(56)60-4)30-17-9-6-10-18-30/h5-12,15-20,23-24,33-34,37-38H,13-14,21-22,25-26H2,1-4H3,(H,45,51)(H,46,52)(H,47,55)(H,48,56)/t33-,34-,37+,38+/m0/s1. The van der Waals surface area contributed by atoms with E-state index in [4.69, 9.17) is 17.8 Å². The van der Waals surface area contributed by atoms with Crippen LogP contribution in [-0.4, -0.2) is 93.4 Å². The van der Waals surface area contributed by atoms with Gasteiger partial charge >= 0.3 is 22.6 Å². The average Bonchev–Trinajstić information content (AvgIpc) is 3.99. The minimum Gasteiger partial charge on any atom is -0.453 e. The Labute approximate surface area is 364 Å². The molecule has 2 aliphatic heterocycles. The SMILES string of the molecule is COC(=O)N[C@@H](C(=O)N1CCC[C@H]1C(=O)Nc1cccc(OS(=O)(=O)Oc2cccc(NC(=O)[C@@H]3CCCN3C(=O)[C@H](NC(=O)OC)c3ccccc3)c2C)c1C)c1ccccc1. The summed E-state index contributed by atoms with van der Waals surface area (Å²) in [7, 11) is -2.45. The van der Waals surface area contributed by atoms with E-state index < -0.39 is 70.4 Å². The normalized spacial score (nSPS) is 16.8. The number of alkyl carbamates (subject to hydrolysis) is 2. The first kappa shape index (κ1) is 45.4. The zero-order valence-corrected chi connectivity index (χ0v) is 35.8. The number of rotatable bonds is 14. The Morgan fingerprint density at radius 1 is 0.571 bits per heavy atom. The van der Waals surface area contributed by atoms with Crippen LogP contribution in [0.25, 0.3) is 0 Å². The van der Waals surface area contributed by atoms with Crippen LogP contribution >= 0.6 is 0 Å². The quantitative estimate of drug-likeness (QED) is 0.130. The third-order valence-corrected chi connectivity index (χ3v) is 11.6. The molecule has 0 unspecified atom stereocenters. The highest BCUT2D eigenvalue weighted by Crippen LogP contribution is 2.33. The fraction of sp³-hybridized carbons (Fsp3) is 0.318. The van der Waals surface area contributed by atoms with Gasteiger partial charge in [-0.1, -0.05) is 72.8 Å². The van der Waals surface area contributed by atoms with Gasteiger partial charge in [0.2, 0.25) is 11.8 Å². The van der Waals surface area contributed by atoms with Crippen molar-refractivity contribution in [2.24, 2.45) is 0 Å². The number of nitrogens with zero attached hydrogens (tertiary/aromatic N) is 2. The summed E-state index contributed by atoms with van der Waals surface area (Å²) in [6, 6.07) is 21.9. The van der Waals surface area contributed by atoms with Crippen molar-refractivity contribution in [3.63, 3.8) is 0 Å². The molecule has 332 valence electrons. The highest BCUT2D eigenvalue weighted by atomic mass is 32.3. The molecule has 0 spiro atoms. The van der Waals surface area contributed by atoms with Gasteiger partial charge in [-0.05, 0) is 74.9 Å². The molecule has 0 aliphatic carbocycles.